The molecule has 7 aliphatic rings. The first-order chi connectivity index (χ1) is 24.3. The number of nitrogens with zero attached hydrogens (tertiary/aromatic N) is 4. The fourth-order valence-corrected chi connectivity index (χ4v) is 12.0. The highest BCUT2D eigenvalue weighted by Crippen LogP contribution is 2.59. The van der Waals surface area contributed by atoms with Gasteiger partial charge in [-0.25, -0.2) is 10.0 Å². The van der Waals surface area contributed by atoms with E-state index in [0.717, 1.165) is 70.4 Å². The van der Waals surface area contributed by atoms with Crippen molar-refractivity contribution in [1.82, 2.24) is 30.5 Å². The lowest BCUT2D eigenvalue weighted by molar-refractivity contribution is -0.154. The number of methoxy groups -OCH3 is 1. The molecule has 0 radical (unpaired) electrons. The third-order valence-corrected chi connectivity index (χ3v) is 14.4. The number of likely N-dealkylation sites (tertiary alicyclic amines) is 1. The number of fused-ring (bicyclic) bond motifs is 2. The second-order valence-corrected chi connectivity index (χ2v) is 17.7. The smallest absolute Gasteiger partial charge is 0.226 e. The van der Waals surface area contributed by atoms with Crippen molar-refractivity contribution in [1.29, 1.82) is 0 Å². The summed E-state index contributed by atoms with van der Waals surface area (Å²) in [6.07, 6.45) is 18.2. The molecule has 7 fully saturated rings. The Kier molecular flexibility index (Phi) is 11.9. The number of ether oxygens (including phenoxy) is 1. The van der Waals surface area contributed by atoms with E-state index in [0.29, 0.717) is 18.0 Å². The van der Waals surface area contributed by atoms with Crippen molar-refractivity contribution < 1.29 is 9.53 Å². The van der Waals surface area contributed by atoms with Gasteiger partial charge < -0.3 is 19.9 Å². The van der Waals surface area contributed by atoms with Crippen LogP contribution in [0.5, 0.6) is 0 Å². The van der Waals surface area contributed by atoms with Gasteiger partial charge in [-0.1, -0.05) is 69.2 Å². The van der Waals surface area contributed by atoms with Gasteiger partial charge in [0.15, 0.2) is 0 Å². The lowest BCUT2D eigenvalue weighted by Gasteiger charge is -2.56. The van der Waals surface area contributed by atoms with E-state index in [1.165, 1.54) is 81.8 Å². The molecule has 5 heterocycles. The van der Waals surface area contributed by atoms with E-state index in [4.69, 9.17) is 4.74 Å². The number of hydrogen-bond acceptors (Lipinski definition) is 7. The van der Waals surface area contributed by atoms with Gasteiger partial charge in [0.1, 0.15) is 0 Å². The maximum Gasteiger partial charge on any atom is 0.226 e. The van der Waals surface area contributed by atoms with Crippen molar-refractivity contribution in [2.75, 3.05) is 53.9 Å². The molecule has 1 aromatic carbocycles. The second-order valence-electron chi connectivity index (χ2n) is 17.7. The number of carbonyl (C=O) groups excluding carboxylic acids is 1. The average Bonchev–Trinajstić information content (AvgIpc) is 3.75. The molecule has 5 saturated heterocycles. The maximum absolute atomic E-state index is 15.6. The molecule has 8 rings (SSSR count). The maximum atomic E-state index is 15.6. The summed E-state index contributed by atoms with van der Waals surface area (Å²) in [4.78, 5) is 20.2. The molecule has 50 heavy (non-hydrogen) atoms. The summed E-state index contributed by atoms with van der Waals surface area (Å²) in [5, 5.41) is 13.3. The van der Waals surface area contributed by atoms with Crippen molar-refractivity contribution in [3.05, 3.63) is 35.4 Å². The van der Waals surface area contributed by atoms with Gasteiger partial charge in [0, 0.05) is 75.8 Å². The number of likely N-dealkylation sites (N-methyl/N-ethyl adjacent to an activating group) is 2. The molecule has 1 aromatic rings. The average molecular weight is 691 g/mol. The van der Waals surface area contributed by atoms with Gasteiger partial charge in [0.05, 0.1) is 18.2 Å². The molecule has 8 nitrogen and oxygen atoms in total. The van der Waals surface area contributed by atoms with Crippen LogP contribution in [-0.2, 0) is 16.1 Å². The minimum absolute atomic E-state index is 0.000259. The topological polar surface area (TPSA) is 63.3 Å². The Morgan fingerprint density at radius 1 is 1.00 bits per heavy atom. The molecule has 2 saturated carbocycles. The van der Waals surface area contributed by atoms with E-state index in [9.17, 15) is 0 Å². The Hall–Kier alpha value is -1.55. The lowest BCUT2D eigenvalue weighted by atomic mass is 9.55. The third-order valence-electron chi connectivity index (χ3n) is 14.4. The van der Waals surface area contributed by atoms with Crippen LogP contribution in [0, 0.1) is 29.1 Å². The zero-order chi connectivity index (χ0) is 34.8. The largest absolute Gasteiger partial charge is 0.380 e. The van der Waals surface area contributed by atoms with Gasteiger partial charge in [-0.3, -0.25) is 10.1 Å². The van der Waals surface area contributed by atoms with Gasteiger partial charge in [-0.15, -0.1) is 0 Å². The summed E-state index contributed by atoms with van der Waals surface area (Å²) < 4.78 is 5.86. The highest BCUT2D eigenvalue weighted by atomic mass is 16.5. The number of nitrogens with one attached hydrogen (secondary N) is 2. The third kappa shape index (κ3) is 7.33. The fourth-order valence-electron chi connectivity index (χ4n) is 12.0. The van der Waals surface area contributed by atoms with Crippen molar-refractivity contribution in [3.8, 4) is 0 Å². The van der Waals surface area contributed by atoms with Crippen LogP contribution in [0.25, 0.3) is 0 Å². The Morgan fingerprint density at radius 2 is 1.76 bits per heavy atom. The van der Waals surface area contributed by atoms with Crippen LogP contribution in [0.2, 0.25) is 0 Å². The van der Waals surface area contributed by atoms with Gasteiger partial charge in [0.2, 0.25) is 5.91 Å². The summed E-state index contributed by atoms with van der Waals surface area (Å²) in [6, 6.07) is 10.6. The molecule has 8 atom stereocenters. The molecule has 8 heteroatoms. The summed E-state index contributed by atoms with van der Waals surface area (Å²) in [7, 11) is 6.10. The Morgan fingerprint density at radius 3 is 2.52 bits per heavy atom. The van der Waals surface area contributed by atoms with Crippen LogP contribution in [0.4, 0.5) is 0 Å². The highest BCUT2D eigenvalue weighted by molar-refractivity contribution is 5.81. The van der Waals surface area contributed by atoms with E-state index >= 15 is 4.79 Å². The Balaban J connectivity index is 1.36. The molecule has 5 aliphatic heterocycles. The summed E-state index contributed by atoms with van der Waals surface area (Å²) in [5.41, 5.74) is 2.66. The van der Waals surface area contributed by atoms with Crippen molar-refractivity contribution in [2.45, 2.75) is 141 Å². The molecule has 8 unspecified atom stereocenters. The summed E-state index contributed by atoms with van der Waals surface area (Å²) in [6.45, 7) is 10.3. The minimum atomic E-state index is -0.124. The first-order valence-corrected chi connectivity index (χ1v) is 20.9. The Bertz CT molecular complexity index is 1270. The van der Waals surface area contributed by atoms with Crippen LogP contribution in [-0.4, -0.2) is 104 Å². The number of carbonyl (C=O) groups is 1. The van der Waals surface area contributed by atoms with Gasteiger partial charge in [0.25, 0.3) is 0 Å². The van der Waals surface area contributed by atoms with Crippen LogP contribution in [0.1, 0.15) is 121 Å². The number of amides is 1. The van der Waals surface area contributed by atoms with Gasteiger partial charge >= 0.3 is 0 Å². The van der Waals surface area contributed by atoms with E-state index in [1.807, 2.05) is 14.2 Å². The predicted octanol–water partition coefficient (Wildman–Crippen LogP) is 6.43. The van der Waals surface area contributed by atoms with Crippen molar-refractivity contribution in [3.63, 3.8) is 0 Å². The lowest BCUT2D eigenvalue weighted by Crippen LogP contribution is -2.65. The van der Waals surface area contributed by atoms with E-state index in [1.54, 1.807) is 0 Å². The van der Waals surface area contributed by atoms with E-state index < -0.39 is 0 Å². The molecular weight excluding hydrogens is 621 g/mol. The SMILES string of the molecule is CNCCN(C)Cc1cccc(C2NC3C4CN(C5CCC(CC5)C5CCCCCCC2(CCC5)C4C(=O)N2CCC(OC)C2)N3C(C)C)c1. The number of benzene rings is 1. The zero-order valence-corrected chi connectivity index (χ0v) is 32.3. The fraction of sp³-hybridized carbons (Fsp3) is 0.833. The zero-order valence-electron chi connectivity index (χ0n) is 32.3. The number of hydrazine groups is 1. The van der Waals surface area contributed by atoms with Crippen molar-refractivity contribution >= 4 is 5.91 Å². The predicted molar refractivity (Wildman–Crippen MR) is 202 cm³/mol. The molecular formula is C42H70N6O2. The quantitative estimate of drug-likeness (QED) is 0.310. The van der Waals surface area contributed by atoms with Crippen molar-refractivity contribution in [2.24, 2.45) is 29.1 Å². The van der Waals surface area contributed by atoms with Gasteiger partial charge in [-0.05, 0) is 95.9 Å². The van der Waals surface area contributed by atoms with Crippen LogP contribution < -0.4 is 10.6 Å². The normalized spacial score (nSPS) is 38.1. The molecule has 0 aromatic heterocycles. The van der Waals surface area contributed by atoms with Crippen LogP contribution in [0.3, 0.4) is 0 Å². The number of hydrogen-bond donors (Lipinski definition) is 2. The van der Waals surface area contributed by atoms with Crippen LogP contribution >= 0.6 is 0 Å². The monoisotopic (exact) mass is 691 g/mol. The number of piperidine rings is 1. The van der Waals surface area contributed by atoms with E-state index in [2.05, 4.69) is 75.6 Å². The highest BCUT2D eigenvalue weighted by Gasteiger charge is 2.63. The second kappa shape index (κ2) is 16.2. The summed E-state index contributed by atoms with van der Waals surface area (Å²) in [5.74, 6) is 2.43. The molecule has 2 aliphatic carbocycles. The van der Waals surface area contributed by atoms with E-state index in [-0.39, 0.29) is 35.6 Å². The van der Waals surface area contributed by atoms with Gasteiger partial charge in [-0.2, -0.15) is 0 Å². The first-order valence-electron chi connectivity index (χ1n) is 20.9. The minimum Gasteiger partial charge on any atom is -0.380 e. The first kappa shape index (κ1) is 36.8. The molecule has 1 spiro atoms. The molecule has 280 valence electrons. The summed E-state index contributed by atoms with van der Waals surface area (Å²) >= 11 is 0. The molecule has 6 bridgehead atoms. The van der Waals surface area contributed by atoms with Crippen LogP contribution in [0.15, 0.2) is 24.3 Å². The molecule has 1 amide bonds. The number of rotatable bonds is 9. The Labute approximate surface area is 304 Å². The standard InChI is InChI=1S/C42H70N6O2/c1-30(2)48-40-37-29-47(48)35-18-16-33(17-19-35)32-13-8-6-7-9-21-42(22-11-15-32,38(37)41(49)46-24-20-36(28-46)50-5)39(44-40)34-14-10-12-31(26-34)27-45(4)25-23-43-3/h10,12,14,26,30,32-33,35-40,43-44H,6-9,11,13,15-25,27-29H2,1-5H3. The molecule has 2 N–H and O–H groups in total.